The molecule has 0 aliphatic heterocycles. The van der Waals surface area contributed by atoms with Crippen molar-refractivity contribution in [3.8, 4) is 17.0 Å². The van der Waals surface area contributed by atoms with Crippen LogP contribution < -0.4 is 4.74 Å². The molecule has 3 rings (SSSR count). The van der Waals surface area contributed by atoms with Crippen LogP contribution in [-0.4, -0.2) is 16.5 Å². The van der Waals surface area contributed by atoms with Gasteiger partial charge in [0, 0.05) is 18.0 Å². The highest BCUT2D eigenvalue weighted by Crippen LogP contribution is 2.34. The molecular formula is C18H17F3N2O. The van der Waals surface area contributed by atoms with Gasteiger partial charge >= 0.3 is 6.18 Å². The van der Waals surface area contributed by atoms with Gasteiger partial charge in [0.15, 0.2) is 0 Å². The van der Waals surface area contributed by atoms with Crippen LogP contribution in [0.2, 0.25) is 0 Å². The number of hydrogen-bond donors (Lipinski definition) is 0. The number of fused-ring (bicyclic) bond motifs is 1. The molecule has 0 fully saturated rings. The van der Waals surface area contributed by atoms with Crippen molar-refractivity contribution in [3.63, 3.8) is 0 Å². The number of halogens is 3. The van der Waals surface area contributed by atoms with E-state index in [1.54, 1.807) is 13.3 Å². The van der Waals surface area contributed by atoms with Gasteiger partial charge in [-0.25, -0.2) is 4.98 Å². The molecule has 0 unspecified atom stereocenters. The van der Waals surface area contributed by atoms with Crippen molar-refractivity contribution in [3.05, 3.63) is 53.9 Å². The summed E-state index contributed by atoms with van der Waals surface area (Å²) in [5.74, 6) is 0.961. The molecule has 1 aromatic carbocycles. The molecule has 0 aliphatic carbocycles. The molecule has 0 spiro atoms. The Hall–Kier alpha value is -2.50. The molecule has 0 amide bonds. The van der Waals surface area contributed by atoms with Crippen molar-refractivity contribution in [1.82, 2.24) is 9.38 Å². The van der Waals surface area contributed by atoms with Crippen molar-refractivity contribution in [1.29, 1.82) is 0 Å². The molecular weight excluding hydrogens is 317 g/mol. The first kappa shape index (κ1) is 16.4. The summed E-state index contributed by atoms with van der Waals surface area (Å²) in [4.78, 5) is 4.43. The zero-order chi connectivity index (χ0) is 17.5. The number of ether oxygens (including phenoxy) is 1. The van der Waals surface area contributed by atoms with Crippen LogP contribution in [0.4, 0.5) is 13.2 Å². The van der Waals surface area contributed by atoms with Crippen LogP contribution in [-0.2, 0) is 6.18 Å². The van der Waals surface area contributed by atoms with Gasteiger partial charge in [0.1, 0.15) is 11.4 Å². The van der Waals surface area contributed by atoms with Gasteiger partial charge in [-0.1, -0.05) is 19.9 Å². The molecule has 6 heteroatoms. The first-order chi connectivity index (χ1) is 11.3. The molecule has 0 N–H and O–H groups in total. The standard InChI is InChI=1S/C18H17F3N2O/c1-11(2)12-4-6-16(24-3)14(8-12)15-10-23-9-13(18(19,20)21)5-7-17(23)22-15/h4-11H,1-3H3. The average Bonchev–Trinajstić information content (AvgIpc) is 2.96. The van der Waals surface area contributed by atoms with Crippen LogP contribution in [0.25, 0.3) is 16.9 Å². The third kappa shape index (κ3) is 2.96. The molecule has 24 heavy (non-hydrogen) atoms. The molecule has 0 saturated heterocycles. The fraction of sp³-hybridized carbons (Fsp3) is 0.278. The van der Waals surface area contributed by atoms with Crippen LogP contribution in [0.1, 0.15) is 30.9 Å². The van der Waals surface area contributed by atoms with E-state index in [1.165, 1.54) is 10.5 Å². The highest BCUT2D eigenvalue weighted by atomic mass is 19.4. The zero-order valence-corrected chi connectivity index (χ0v) is 13.6. The highest BCUT2D eigenvalue weighted by molar-refractivity contribution is 5.70. The van der Waals surface area contributed by atoms with Crippen molar-refractivity contribution >= 4 is 5.65 Å². The molecule has 0 radical (unpaired) electrons. The SMILES string of the molecule is COc1ccc(C(C)C)cc1-c1cn2cc(C(F)(F)F)ccc2n1. The second-order valence-electron chi connectivity index (χ2n) is 5.92. The lowest BCUT2D eigenvalue weighted by Crippen LogP contribution is -2.05. The smallest absolute Gasteiger partial charge is 0.417 e. The lowest BCUT2D eigenvalue weighted by atomic mass is 9.99. The Morgan fingerprint density at radius 3 is 2.46 bits per heavy atom. The van der Waals surface area contributed by atoms with E-state index >= 15 is 0 Å². The molecule has 0 atom stereocenters. The van der Waals surface area contributed by atoms with Gasteiger partial charge < -0.3 is 9.14 Å². The minimum absolute atomic E-state index is 0.323. The van der Waals surface area contributed by atoms with Crippen molar-refractivity contribution in [2.24, 2.45) is 0 Å². The highest BCUT2D eigenvalue weighted by Gasteiger charge is 2.31. The number of imidazole rings is 1. The fourth-order valence-electron chi connectivity index (χ4n) is 2.57. The summed E-state index contributed by atoms with van der Waals surface area (Å²) >= 11 is 0. The third-order valence-electron chi connectivity index (χ3n) is 3.94. The van der Waals surface area contributed by atoms with E-state index in [9.17, 15) is 13.2 Å². The first-order valence-electron chi connectivity index (χ1n) is 7.54. The number of benzene rings is 1. The minimum atomic E-state index is -4.38. The maximum Gasteiger partial charge on any atom is 0.417 e. The molecule has 2 heterocycles. The Labute approximate surface area is 137 Å². The summed E-state index contributed by atoms with van der Waals surface area (Å²) < 4.78 is 45.3. The van der Waals surface area contributed by atoms with Crippen molar-refractivity contribution in [2.45, 2.75) is 25.9 Å². The van der Waals surface area contributed by atoms with E-state index in [4.69, 9.17) is 4.74 Å². The van der Waals surface area contributed by atoms with E-state index in [1.807, 2.05) is 18.2 Å². The topological polar surface area (TPSA) is 26.5 Å². The van der Waals surface area contributed by atoms with Crippen LogP contribution >= 0.6 is 0 Å². The zero-order valence-electron chi connectivity index (χ0n) is 13.6. The van der Waals surface area contributed by atoms with Gasteiger partial charge in [-0.15, -0.1) is 0 Å². The van der Waals surface area contributed by atoms with E-state index in [-0.39, 0.29) is 0 Å². The molecule has 0 saturated carbocycles. The predicted molar refractivity (Wildman–Crippen MR) is 86.3 cm³/mol. The molecule has 126 valence electrons. The molecule has 0 aliphatic rings. The van der Waals surface area contributed by atoms with Crippen LogP contribution in [0.5, 0.6) is 5.75 Å². The second-order valence-corrected chi connectivity index (χ2v) is 5.92. The third-order valence-corrected chi connectivity index (χ3v) is 3.94. The van der Waals surface area contributed by atoms with Crippen molar-refractivity contribution < 1.29 is 17.9 Å². The normalized spacial score (nSPS) is 12.1. The Bertz CT molecular complexity index is 882. The van der Waals surface area contributed by atoms with Crippen LogP contribution in [0, 0.1) is 0 Å². The Kier molecular flexibility index (Phi) is 3.99. The number of hydrogen-bond acceptors (Lipinski definition) is 2. The maximum atomic E-state index is 12.9. The van der Waals surface area contributed by atoms with Gasteiger partial charge in [-0.05, 0) is 35.7 Å². The maximum absolute atomic E-state index is 12.9. The minimum Gasteiger partial charge on any atom is -0.496 e. The number of methoxy groups -OCH3 is 1. The summed E-state index contributed by atoms with van der Waals surface area (Å²) in [5, 5.41) is 0. The van der Waals surface area contributed by atoms with Crippen LogP contribution in [0.15, 0.2) is 42.7 Å². The first-order valence-corrected chi connectivity index (χ1v) is 7.54. The van der Waals surface area contributed by atoms with Gasteiger partial charge in [0.2, 0.25) is 0 Å². The monoisotopic (exact) mass is 334 g/mol. The van der Waals surface area contributed by atoms with Gasteiger partial charge in [-0.2, -0.15) is 13.2 Å². The van der Waals surface area contributed by atoms with E-state index in [2.05, 4.69) is 18.8 Å². The van der Waals surface area contributed by atoms with Gasteiger partial charge in [0.25, 0.3) is 0 Å². The molecule has 0 bridgehead atoms. The Morgan fingerprint density at radius 2 is 1.83 bits per heavy atom. The summed E-state index contributed by atoms with van der Waals surface area (Å²) in [7, 11) is 1.56. The lowest BCUT2D eigenvalue weighted by Gasteiger charge is -2.11. The summed E-state index contributed by atoms with van der Waals surface area (Å²) in [6, 6.07) is 8.20. The number of pyridine rings is 1. The predicted octanol–water partition coefficient (Wildman–Crippen LogP) is 5.15. The van der Waals surface area contributed by atoms with Gasteiger partial charge in [-0.3, -0.25) is 0 Å². The van der Waals surface area contributed by atoms with E-state index in [0.717, 1.165) is 23.4 Å². The lowest BCUT2D eigenvalue weighted by molar-refractivity contribution is -0.137. The number of nitrogens with zero attached hydrogens (tertiary/aromatic N) is 2. The van der Waals surface area contributed by atoms with Crippen molar-refractivity contribution in [2.75, 3.05) is 7.11 Å². The molecule has 2 aromatic heterocycles. The van der Waals surface area contributed by atoms with Crippen LogP contribution in [0.3, 0.4) is 0 Å². The second kappa shape index (κ2) is 5.85. The van der Waals surface area contributed by atoms with Gasteiger partial charge in [0.05, 0.1) is 18.4 Å². The quantitative estimate of drug-likeness (QED) is 0.662. The summed E-state index contributed by atoms with van der Waals surface area (Å²) in [6.07, 6.45) is -1.75. The summed E-state index contributed by atoms with van der Waals surface area (Å²) in [6.45, 7) is 4.15. The molecule has 3 nitrogen and oxygen atoms in total. The Balaban J connectivity index is 2.14. The average molecular weight is 334 g/mol. The van der Waals surface area contributed by atoms with E-state index in [0.29, 0.717) is 23.0 Å². The summed E-state index contributed by atoms with van der Waals surface area (Å²) in [5.41, 5.74) is 2.20. The van der Waals surface area contributed by atoms with E-state index < -0.39 is 11.7 Å². The molecule has 3 aromatic rings. The number of alkyl halides is 3. The number of aromatic nitrogens is 2. The largest absolute Gasteiger partial charge is 0.496 e. The Morgan fingerprint density at radius 1 is 1.08 bits per heavy atom. The fourth-order valence-corrected chi connectivity index (χ4v) is 2.57. The number of rotatable bonds is 3.